The monoisotopic (exact) mass is 495 g/mol. The van der Waals surface area contributed by atoms with Crippen molar-refractivity contribution in [3.05, 3.63) is 51.6 Å². The number of halogens is 3. The van der Waals surface area contributed by atoms with Crippen molar-refractivity contribution < 1.29 is 4.79 Å². The Kier molecular flexibility index (Phi) is 8.13. The summed E-state index contributed by atoms with van der Waals surface area (Å²) in [6, 6.07) is 9.22. The zero-order valence-electron chi connectivity index (χ0n) is 17.9. The van der Waals surface area contributed by atoms with Gasteiger partial charge in [0.2, 0.25) is 5.91 Å². The van der Waals surface area contributed by atoms with Crippen LogP contribution in [0.25, 0.3) is 0 Å². The van der Waals surface area contributed by atoms with Crippen molar-refractivity contribution in [3.63, 3.8) is 0 Å². The van der Waals surface area contributed by atoms with Gasteiger partial charge >= 0.3 is 0 Å². The third kappa shape index (κ3) is 6.27. The van der Waals surface area contributed by atoms with E-state index in [1.54, 1.807) is 12.1 Å². The maximum absolute atomic E-state index is 12.6. The number of hydrogen-bond acceptors (Lipinski definition) is 5. The van der Waals surface area contributed by atoms with Gasteiger partial charge < -0.3 is 10.2 Å². The van der Waals surface area contributed by atoms with E-state index in [0.29, 0.717) is 33.2 Å². The van der Waals surface area contributed by atoms with Gasteiger partial charge in [-0.15, -0.1) is 0 Å². The van der Waals surface area contributed by atoms with Gasteiger partial charge in [-0.3, -0.25) is 14.6 Å². The smallest absolute Gasteiger partial charge is 0.238 e. The average Bonchev–Trinajstić information content (AvgIpc) is 2.78. The minimum absolute atomic E-state index is 0.110. The van der Waals surface area contributed by atoms with Crippen LogP contribution < -0.4 is 10.2 Å². The van der Waals surface area contributed by atoms with E-state index in [4.69, 9.17) is 34.8 Å². The van der Waals surface area contributed by atoms with Gasteiger partial charge in [0.15, 0.2) is 0 Å². The summed E-state index contributed by atoms with van der Waals surface area (Å²) in [6.07, 6.45) is 4.16. The van der Waals surface area contributed by atoms with E-state index in [0.717, 1.165) is 58.1 Å². The minimum atomic E-state index is -0.110. The fraction of sp³-hybridized carbons (Fsp3) is 0.478. The Bertz CT molecular complexity index is 898. The first-order valence-electron chi connectivity index (χ1n) is 11.0. The van der Waals surface area contributed by atoms with E-state index in [2.05, 4.69) is 31.1 Å². The first kappa shape index (κ1) is 23.6. The van der Waals surface area contributed by atoms with Gasteiger partial charge in [0.1, 0.15) is 5.82 Å². The van der Waals surface area contributed by atoms with Crippen molar-refractivity contribution in [3.8, 4) is 0 Å². The Labute approximate surface area is 204 Å². The molecule has 1 amide bonds. The summed E-state index contributed by atoms with van der Waals surface area (Å²) < 4.78 is 0. The van der Waals surface area contributed by atoms with Gasteiger partial charge in [0.05, 0.1) is 22.3 Å². The lowest BCUT2D eigenvalue weighted by Crippen LogP contribution is -2.50. The summed E-state index contributed by atoms with van der Waals surface area (Å²) in [7, 11) is 0. The van der Waals surface area contributed by atoms with Crippen LogP contribution >= 0.6 is 34.8 Å². The Morgan fingerprint density at radius 1 is 1.03 bits per heavy atom. The SMILES string of the molecule is O=C(CN1CCCC(CN2CCN(c3ccccn3)CC2)C1)Nc1c(Cl)cc(Cl)cc1Cl. The standard InChI is InChI=1S/C23H28Cl3N5O/c24-18-12-19(25)23(20(26)13-18)28-22(32)16-30-7-3-4-17(15-30)14-29-8-10-31(11-9-29)21-5-1-2-6-27-21/h1-2,5-6,12-13,17H,3-4,7-11,14-16H2,(H,28,32). The molecule has 32 heavy (non-hydrogen) atoms. The lowest BCUT2D eigenvalue weighted by atomic mass is 9.97. The van der Waals surface area contributed by atoms with Gasteiger partial charge in [0, 0.05) is 50.5 Å². The van der Waals surface area contributed by atoms with Crippen LogP contribution in [0, 0.1) is 5.92 Å². The van der Waals surface area contributed by atoms with Crippen molar-refractivity contribution in [2.45, 2.75) is 12.8 Å². The normalized spacial score (nSPS) is 20.3. The quantitative estimate of drug-likeness (QED) is 0.637. The van der Waals surface area contributed by atoms with E-state index in [1.165, 1.54) is 6.42 Å². The molecule has 0 aliphatic carbocycles. The number of benzene rings is 1. The van der Waals surface area contributed by atoms with Crippen molar-refractivity contribution in [1.29, 1.82) is 0 Å². The first-order chi connectivity index (χ1) is 15.5. The molecule has 1 unspecified atom stereocenters. The molecule has 3 heterocycles. The summed E-state index contributed by atoms with van der Waals surface area (Å²) in [5.74, 6) is 1.52. The highest BCUT2D eigenvalue weighted by Crippen LogP contribution is 2.33. The zero-order valence-corrected chi connectivity index (χ0v) is 20.2. The lowest BCUT2D eigenvalue weighted by molar-refractivity contribution is -0.117. The molecule has 9 heteroatoms. The number of piperazine rings is 1. The highest BCUT2D eigenvalue weighted by atomic mass is 35.5. The number of aromatic nitrogens is 1. The summed E-state index contributed by atoms with van der Waals surface area (Å²) in [5.41, 5.74) is 0.419. The molecule has 1 aromatic carbocycles. The minimum Gasteiger partial charge on any atom is -0.354 e. The van der Waals surface area contributed by atoms with Gasteiger partial charge in [-0.2, -0.15) is 0 Å². The topological polar surface area (TPSA) is 51.7 Å². The van der Waals surface area contributed by atoms with Crippen LogP contribution in [0.5, 0.6) is 0 Å². The largest absolute Gasteiger partial charge is 0.354 e. The number of rotatable bonds is 6. The molecule has 0 bridgehead atoms. The van der Waals surface area contributed by atoms with E-state index >= 15 is 0 Å². The van der Waals surface area contributed by atoms with Crippen molar-refractivity contribution in [2.75, 3.05) is 62.6 Å². The Hall–Kier alpha value is -1.57. The van der Waals surface area contributed by atoms with Gasteiger partial charge in [-0.25, -0.2) is 4.98 Å². The second-order valence-electron chi connectivity index (χ2n) is 8.51. The number of carbonyl (C=O) groups excluding carboxylic acids is 1. The summed E-state index contributed by atoms with van der Waals surface area (Å²) in [4.78, 5) is 24.2. The summed E-state index contributed by atoms with van der Waals surface area (Å²) in [6.45, 7) is 7.34. The molecule has 2 aliphatic rings. The highest BCUT2D eigenvalue weighted by Gasteiger charge is 2.26. The number of hydrogen-bond donors (Lipinski definition) is 1. The second kappa shape index (κ2) is 11.0. The lowest BCUT2D eigenvalue weighted by Gasteiger charge is -2.39. The number of likely N-dealkylation sites (tertiary alicyclic amines) is 1. The van der Waals surface area contributed by atoms with E-state index in [1.807, 2.05) is 18.3 Å². The van der Waals surface area contributed by atoms with Crippen LogP contribution in [0.3, 0.4) is 0 Å². The number of piperidine rings is 1. The van der Waals surface area contributed by atoms with Crippen molar-refractivity contribution in [2.24, 2.45) is 5.92 Å². The third-order valence-corrected chi connectivity index (χ3v) is 6.92. The Morgan fingerprint density at radius 2 is 1.78 bits per heavy atom. The zero-order chi connectivity index (χ0) is 22.5. The van der Waals surface area contributed by atoms with Crippen molar-refractivity contribution >= 4 is 52.2 Å². The van der Waals surface area contributed by atoms with Crippen LogP contribution in [-0.4, -0.2) is 73.0 Å². The second-order valence-corrected chi connectivity index (χ2v) is 9.76. The maximum Gasteiger partial charge on any atom is 0.238 e. The van der Waals surface area contributed by atoms with Crippen LogP contribution in [0.4, 0.5) is 11.5 Å². The molecule has 6 nitrogen and oxygen atoms in total. The molecule has 1 atom stereocenters. The molecule has 0 saturated carbocycles. The number of amides is 1. The van der Waals surface area contributed by atoms with E-state index in [9.17, 15) is 4.79 Å². The van der Waals surface area contributed by atoms with Crippen LogP contribution in [0.15, 0.2) is 36.5 Å². The molecular formula is C23H28Cl3N5O. The number of nitrogens with one attached hydrogen (secondary N) is 1. The first-order valence-corrected chi connectivity index (χ1v) is 12.2. The molecule has 2 aliphatic heterocycles. The van der Waals surface area contributed by atoms with Gasteiger partial charge in [0.25, 0.3) is 0 Å². The molecular weight excluding hydrogens is 469 g/mol. The molecule has 2 fully saturated rings. The third-order valence-electron chi connectivity index (χ3n) is 6.10. The predicted octanol–water partition coefficient (Wildman–Crippen LogP) is 4.51. The molecule has 1 N–H and O–H groups in total. The van der Waals surface area contributed by atoms with Gasteiger partial charge in [-0.05, 0) is 49.6 Å². The van der Waals surface area contributed by atoms with Crippen LogP contribution in [-0.2, 0) is 4.79 Å². The highest BCUT2D eigenvalue weighted by molar-refractivity contribution is 6.42. The maximum atomic E-state index is 12.6. The van der Waals surface area contributed by atoms with Crippen LogP contribution in [0.2, 0.25) is 15.1 Å². The molecule has 172 valence electrons. The van der Waals surface area contributed by atoms with Crippen molar-refractivity contribution in [1.82, 2.24) is 14.8 Å². The van der Waals surface area contributed by atoms with Crippen LogP contribution in [0.1, 0.15) is 12.8 Å². The molecule has 0 radical (unpaired) electrons. The molecule has 1 aromatic heterocycles. The Balaban J connectivity index is 1.24. The summed E-state index contributed by atoms with van der Waals surface area (Å²) >= 11 is 18.3. The summed E-state index contributed by atoms with van der Waals surface area (Å²) in [5, 5.41) is 3.98. The molecule has 2 saturated heterocycles. The average molecular weight is 497 g/mol. The fourth-order valence-corrected chi connectivity index (χ4v) is 5.46. The predicted molar refractivity (Wildman–Crippen MR) is 132 cm³/mol. The number of carbonyl (C=O) groups is 1. The van der Waals surface area contributed by atoms with Gasteiger partial charge in [-0.1, -0.05) is 40.9 Å². The number of pyridine rings is 1. The van der Waals surface area contributed by atoms with E-state index < -0.39 is 0 Å². The number of anilines is 2. The fourth-order valence-electron chi connectivity index (χ4n) is 4.55. The van der Waals surface area contributed by atoms with E-state index in [-0.39, 0.29) is 5.91 Å². The molecule has 2 aromatic rings. The molecule has 4 rings (SSSR count). The Morgan fingerprint density at radius 3 is 2.47 bits per heavy atom. The molecule has 0 spiro atoms. The number of nitrogens with zero attached hydrogens (tertiary/aromatic N) is 4.